The van der Waals surface area contributed by atoms with E-state index in [-0.39, 0.29) is 6.42 Å². The highest BCUT2D eigenvalue weighted by molar-refractivity contribution is 5.75. The fourth-order valence-corrected chi connectivity index (χ4v) is 1.62. The average molecular weight is 220 g/mol. The minimum Gasteiger partial charge on any atom is -0.481 e. The predicted molar refractivity (Wildman–Crippen MR) is 57.0 cm³/mol. The molecule has 0 aromatic carbocycles. The molecule has 0 unspecified atom stereocenters. The molecule has 0 saturated heterocycles. The Labute approximate surface area is 91.9 Å². The predicted octanol–water partition coefficient (Wildman–Crippen LogP) is 0.689. The van der Waals surface area contributed by atoms with E-state index in [0.717, 1.165) is 22.3 Å². The third-order valence-corrected chi connectivity index (χ3v) is 2.58. The minimum absolute atomic E-state index is 0.105. The third-order valence-electron chi connectivity index (χ3n) is 2.58. The van der Waals surface area contributed by atoms with Crippen LogP contribution in [0.25, 0.3) is 11.2 Å². The number of carboxylic acids is 1. The van der Waals surface area contributed by atoms with Crippen LogP contribution >= 0.6 is 0 Å². The lowest BCUT2D eigenvalue weighted by Gasteiger charge is -2.03. The van der Waals surface area contributed by atoms with Crippen molar-refractivity contribution in [2.45, 2.75) is 19.8 Å². The maximum atomic E-state index is 10.5. The standard InChI is InChI=1S/C10H12N4O2/c1-6-7(3-4-8(15)16)5-11-10-9(6)12-13-14(10)2/h5H,3-4H2,1-2H3,(H,15,16). The lowest BCUT2D eigenvalue weighted by atomic mass is 10.1. The van der Waals surface area contributed by atoms with Crippen molar-refractivity contribution in [1.29, 1.82) is 0 Å². The van der Waals surface area contributed by atoms with Gasteiger partial charge in [-0.15, -0.1) is 5.10 Å². The van der Waals surface area contributed by atoms with E-state index in [4.69, 9.17) is 5.11 Å². The highest BCUT2D eigenvalue weighted by Gasteiger charge is 2.10. The van der Waals surface area contributed by atoms with Gasteiger partial charge in [-0.1, -0.05) is 5.21 Å². The summed E-state index contributed by atoms with van der Waals surface area (Å²) in [7, 11) is 1.78. The van der Waals surface area contributed by atoms with E-state index < -0.39 is 5.97 Å². The van der Waals surface area contributed by atoms with Gasteiger partial charge in [-0.25, -0.2) is 9.67 Å². The van der Waals surface area contributed by atoms with Gasteiger partial charge in [0.05, 0.1) is 0 Å². The van der Waals surface area contributed by atoms with Gasteiger partial charge in [0.1, 0.15) is 5.52 Å². The summed E-state index contributed by atoms with van der Waals surface area (Å²) in [6.07, 6.45) is 2.28. The van der Waals surface area contributed by atoms with E-state index in [9.17, 15) is 4.79 Å². The summed E-state index contributed by atoms with van der Waals surface area (Å²) in [6.45, 7) is 1.91. The van der Waals surface area contributed by atoms with E-state index in [2.05, 4.69) is 15.3 Å². The second-order valence-electron chi connectivity index (χ2n) is 3.69. The Morgan fingerprint density at radius 3 is 3.00 bits per heavy atom. The molecule has 0 spiro atoms. The first-order valence-electron chi connectivity index (χ1n) is 4.95. The SMILES string of the molecule is Cc1c(CCC(=O)O)cnc2c1nnn2C. The molecule has 0 fully saturated rings. The molecule has 6 nitrogen and oxygen atoms in total. The molecule has 0 bridgehead atoms. The largest absolute Gasteiger partial charge is 0.481 e. The van der Waals surface area contributed by atoms with Gasteiger partial charge in [0, 0.05) is 19.7 Å². The van der Waals surface area contributed by atoms with Gasteiger partial charge >= 0.3 is 5.97 Å². The fourth-order valence-electron chi connectivity index (χ4n) is 1.62. The molecule has 0 aliphatic carbocycles. The first kappa shape index (κ1) is 10.5. The summed E-state index contributed by atoms with van der Waals surface area (Å²) in [5.41, 5.74) is 3.33. The second kappa shape index (κ2) is 3.88. The number of hydrogen-bond donors (Lipinski definition) is 1. The zero-order valence-corrected chi connectivity index (χ0v) is 9.14. The number of rotatable bonds is 3. The molecule has 16 heavy (non-hydrogen) atoms. The number of pyridine rings is 1. The van der Waals surface area contributed by atoms with Crippen molar-refractivity contribution < 1.29 is 9.90 Å². The maximum absolute atomic E-state index is 10.5. The maximum Gasteiger partial charge on any atom is 0.303 e. The van der Waals surface area contributed by atoms with Crippen LogP contribution in [0, 0.1) is 6.92 Å². The molecule has 0 radical (unpaired) electrons. The topological polar surface area (TPSA) is 80.9 Å². The molecule has 2 heterocycles. The van der Waals surface area contributed by atoms with Crippen LogP contribution in [0.15, 0.2) is 6.20 Å². The van der Waals surface area contributed by atoms with Crippen molar-refractivity contribution in [3.05, 3.63) is 17.3 Å². The van der Waals surface area contributed by atoms with Gasteiger partial charge < -0.3 is 5.11 Å². The number of aliphatic carboxylic acids is 1. The number of fused-ring (bicyclic) bond motifs is 1. The van der Waals surface area contributed by atoms with Crippen LogP contribution in [-0.4, -0.2) is 31.1 Å². The first-order chi connectivity index (χ1) is 7.59. The van der Waals surface area contributed by atoms with E-state index in [1.165, 1.54) is 0 Å². The first-order valence-corrected chi connectivity index (χ1v) is 4.95. The van der Waals surface area contributed by atoms with Crippen LogP contribution in [0.5, 0.6) is 0 Å². The number of carbonyl (C=O) groups is 1. The monoisotopic (exact) mass is 220 g/mol. The van der Waals surface area contributed by atoms with E-state index in [1.54, 1.807) is 17.9 Å². The summed E-state index contributed by atoms with van der Waals surface area (Å²) >= 11 is 0. The lowest BCUT2D eigenvalue weighted by Crippen LogP contribution is -2.00. The smallest absolute Gasteiger partial charge is 0.303 e. The Morgan fingerprint density at radius 2 is 2.31 bits per heavy atom. The van der Waals surface area contributed by atoms with E-state index in [1.807, 2.05) is 6.92 Å². The zero-order valence-electron chi connectivity index (χ0n) is 9.14. The molecule has 2 aromatic heterocycles. The summed E-state index contributed by atoms with van der Waals surface area (Å²) in [6, 6.07) is 0. The number of nitrogens with zero attached hydrogens (tertiary/aromatic N) is 4. The van der Waals surface area contributed by atoms with E-state index >= 15 is 0 Å². The highest BCUT2D eigenvalue weighted by Crippen LogP contribution is 2.17. The number of aryl methyl sites for hydroxylation is 3. The quantitative estimate of drug-likeness (QED) is 0.823. The molecule has 0 aliphatic heterocycles. The summed E-state index contributed by atoms with van der Waals surface area (Å²) in [4.78, 5) is 14.7. The summed E-state index contributed by atoms with van der Waals surface area (Å²) in [5, 5.41) is 16.5. The van der Waals surface area contributed by atoms with Gasteiger partial charge in [-0.2, -0.15) is 0 Å². The molecule has 2 rings (SSSR count). The van der Waals surface area contributed by atoms with Crippen LogP contribution < -0.4 is 0 Å². The summed E-state index contributed by atoms with van der Waals surface area (Å²) in [5.74, 6) is -0.807. The van der Waals surface area contributed by atoms with Gasteiger partial charge in [0.15, 0.2) is 5.65 Å². The van der Waals surface area contributed by atoms with Crippen LogP contribution in [0.4, 0.5) is 0 Å². The molecule has 0 atom stereocenters. The van der Waals surface area contributed by atoms with Gasteiger partial charge in [0.2, 0.25) is 0 Å². The Hall–Kier alpha value is -1.98. The molecule has 0 aliphatic rings. The Balaban J connectivity index is 2.40. The molecular weight excluding hydrogens is 208 g/mol. The Morgan fingerprint density at radius 1 is 1.56 bits per heavy atom. The minimum atomic E-state index is -0.807. The average Bonchev–Trinajstić information content (AvgIpc) is 2.60. The molecule has 2 aromatic rings. The fraction of sp³-hybridized carbons (Fsp3) is 0.400. The van der Waals surface area contributed by atoms with Crippen molar-refractivity contribution in [2.75, 3.05) is 0 Å². The number of carboxylic acid groups (broad SMARTS) is 1. The number of aromatic nitrogens is 4. The molecule has 6 heteroatoms. The van der Waals surface area contributed by atoms with Crippen LogP contribution in [0.3, 0.4) is 0 Å². The molecule has 0 amide bonds. The van der Waals surface area contributed by atoms with Gasteiger partial charge in [0.25, 0.3) is 0 Å². The van der Waals surface area contributed by atoms with Gasteiger partial charge in [-0.05, 0) is 24.5 Å². The van der Waals surface area contributed by atoms with E-state index in [0.29, 0.717) is 6.42 Å². The Kier molecular flexibility index (Phi) is 2.55. The van der Waals surface area contributed by atoms with Crippen molar-refractivity contribution in [2.24, 2.45) is 7.05 Å². The van der Waals surface area contributed by atoms with Gasteiger partial charge in [-0.3, -0.25) is 4.79 Å². The normalized spacial score (nSPS) is 10.9. The zero-order chi connectivity index (χ0) is 11.7. The third kappa shape index (κ3) is 1.73. The number of hydrogen-bond acceptors (Lipinski definition) is 4. The molecule has 0 saturated carbocycles. The van der Waals surface area contributed by atoms with Crippen LogP contribution in [0.2, 0.25) is 0 Å². The van der Waals surface area contributed by atoms with Crippen LogP contribution in [0.1, 0.15) is 17.5 Å². The lowest BCUT2D eigenvalue weighted by molar-refractivity contribution is -0.136. The Bertz CT molecular complexity index is 547. The molecular formula is C10H12N4O2. The van der Waals surface area contributed by atoms with Crippen molar-refractivity contribution in [1.82, 2.24) is 20.0 Å². The molecule has 1 N–H and O–H groups in total. The van der Waals surface area contributed by atoms with Crippen molar-refractivity contribution in [3.8, 4) is 0 Å². The van der Waals surface area contributed by atoms with Crippen molar-refractivity contribution in [3.63, 3.8) is 0 Å². The summed E-state index contributed by atoms with van der Waals surface area (Å²) < 4.78 is 1.60. The second-order valence-corrected chi connectivity index (χ2v) is 3.69. The van der Waals surface area contributed by atoms with Crippen molar-refractivity contribution >= 4 is 17.1 Å². The highest BCUT2D eigenvalue weighted by atomic mass is 16.4. The van der Waals surface area contributed by atoms with Crippen LogP contribution in [-0.2, 0) is 18.3 Å². The molecule has 84 valence electrons.